The van der Waals surface area contributed by atoms with Gasteiger partial charge in [0.1, 0.15) is 0 Å². The highest BCUT2D eigenvalue weighted by atomic mass is 32.1. The Morgan fingerprint density at radius 1 is 0.955 bits per heavy atom. The van der Waals surface area contributed by atoms with Crippen molar-refractivity contribution < 1.29 is 9.59 Å². The molecule has 0 saturated heterocycles. The fourth-order valence-corrected chi connectivity index (χ4v) is 3.13. The maximum atomic E-state index is 12.3. The van der Waals surface area contributed by atoms with Gasteiger partial charge in [-0.05, 0) is 35.7 Å². The van der Waals surface area contributed by atoms with E-state index in [4.69, 9.17) is 0 Å². The van der Waals surface area contributed by atoms with Crippen molar-refractivity contribution in [2.45, 2.75) is 0 Å². The molecule has 3 rings (SSSR count). The van der Waals surface area contributed by atoms with Gasteiger partial charge in [-0.1, -0.05) is 24.3 Å². The van der Waals surface area contributed by atoms with Crippen molar-refractivity contribution in [1.82, 2.24) is 5.32 Å². The highest BCUT2D eigenvalue weighted by molar-refractivity contribution is 7.20. The third-order valence-electron chi connectivity index (χ3n) is 3.26. The zero-order valence-electron chi connectivity index (χ0n) is 11.9. The van der Waals surface area contributed by atoms with Crippen molar-refractivity contribution >= 4 is 38.9 Å². The summed E-state index contributed by atoms with van der Waals surface area (Å²) >= 11 is 1.45. The summed E-state index contributed by atoms with van der Waals surface area (Å²) in [4.78, 5) is 24.6. The predicted octanol–water partition coefficient (Wildman–Crippen LogP) is 3.51. The summed E-state index contributed by atoms with van der Waals surface area (Å²) in [5, 5.41) is 6.44. The van der Waals surface area contributed by atoms with Crippen molar-refractivity contribution in [3.05, 3.63) is 65.0 Å². The van der Waals surface area contributed by atoms with Crippen molar-refractivity contribution in [2.24, 2.45) is 0 Å². The van der Waals surface area contributed by atoms with Crippen molar-refractivity contribution in [2.75, 3.05) is 12.4 Å². The summed E-state index contributed by atoms with van der Waals surface area (Å²) in [6.07, 6.45) is 0. The van der Waals surface area contributed by atoms with Crippen molar-refractivity contribution in [3.8, 4) is 0 Å². The zero-order valence-corrected chi connectivity index (χ0v) is 12.7. The molecule has 22 heavy (non-hydrogen) atoms. The fourth-order valence-electron chi connectivity index (χ4n) is 2.17. The monoisotopic (exact) mass is 310 g/mol. The summed E-state index contributed by atoms with van der Waals surface area (Å²) in [7, 11) is 1.57. The number of amides is 2. The first kappa shape index (κ1) is 14.3. The number of carbonyl (C=O) groups excluding carboxylic acids is 2. The molecule has 0 aliphatic heterocycles. The second kappa shape index (κ2) is 5.99. The van der Waals surface area contributed by atoms with Crippen LogP contribution in [0.25, 0.3) is 10.1 Å². The highest BCUT2D eigenvalue weighted by Crippen LogP contribution is 2.26. The van der Waals surface area contributed by atoms with Crippen LogP contribution in [-0.2, 0) is 0 Å². The van der Waals surface area contributed by atoms with Crippen LogP contribution in [0.2, 0.25) is 0 Å². The Bertz CT molecular complexity index is 821. The molecule has 0 bridgehead atoms. The normalized spacial score (nSPS) is 10.4. The average molecular weight is 310 g/mol. The van der Waals surface area contributed by atoms with Crippen LogP contribution in [0, 0.1) is 0 Å². The van der Waals surface area contributed by atoms with Gasteiger partial charge in [0.25, 0.3) is 11.8 Å². The van der Waals surface area contributed by atoms with E-state index in [1.54, 1.807) is 31.3 Å². The molecule has 0 atom stereocenters. The number of nitrogens with one attached hydrogen (secondary N) is 2. The van der Waals surface area contributed by atoms with Crippen molar-refractivity contribution in [1.29, 1.82) is 0 Å². The third kappa shape index (κ3) is 2.84. The first-order chi connectivity index (χ1) is 10.7. The zero-order chi connectivity index (χ0) is 15.5. The van der Waals surface area contributed by atoms with Crippen LogP contribution in [0.15, 0.2) is 54.6 Å². The smallest absolute Gasteiger partial charge is 0.265 e. The van der Waals surface area contributed by atoms with Gasteiger partial charge in [0.2, 0.25) is 0 Å². The summed E-state index contributed by atoms with van der Waals surface area (Å²) in [6, 6.07) is 16.6. The Labute approximate surface area is 131 Å². The second-order valence-corrected chi connectivity index (χ2v) is 5.85. The predicted molar refractivity (Wildman–Crippen MR) is 89.6 cm³/mol. The lowest BCUT2D eigenvalue weighted by Gasteiger charge is -2.05. The van der Waals surface area contributed by atoms with Gasteiger partial charge < -0.3 is 10.6 Å². The lowest BCUT2D eigenvalue weighted by atomic mass is 10.2. The molecular formula is C17H14N2O2S. The minimum absolute atomic E-state index is 0.171. The van der Waals surface area contributed by atoms with Crippen LogP contribution in [0.4, 0.5) is 5.69 Å². The molecule has 1 heterocycles. The minimum atomic E-state index is -0.182. The van der Waals surface area contributed by atoms with E-state index in [9.17, 15) is 9.59 Å². The Morgan fingerprint density at radius 2 is 1.77 bits per heavy atom. The maximum absolute atomic E-state index is 12.3. The van der Waals surface area contributed by atoms with Crippen LogP contribution >= 0.6 is 11.3 Å². The Morgan fingerprint density at radius 3 is 2.55 bits per heavy atom. The van der Waals surface area contributed by atoms with Gasteiger partial charge in [0.05, 0.1) is 4.88 Å². The first-order valence-corrected chi connectivity index (χ1v) is 7.61. The average Bonchev–Trinajstić information content (AvgIpc) is 2.98. The Hall–Kier alpha value is -2.66. The summed E-state index contributed by atoms with van der Waals surface area (Å²) in [5.41, 5.74) is 1.11. The summed E-state index contributed by atoms with van der Waals surface area (Å²) < 4.78 is 1.08. The summed E-state index contributed by atoms with van der Waals surface area (Å²) in [6.45, 7) is 0. The summed E-state index contributed by atoms with van der Waals surface area (Å²) in [5.74, 6) is -0.354. The van der Waals surface area contributed by atoms with E-state index < -0.39 is 0 Å². The van der Waals surface area contributed by atoms with Gasteiger partial charge in [-0.3, -0.25) is 9.59 Å². The number of carbonyl (C=O) groups is 2. The molecule has 0 radical (unpaired) electrons. The molecule has 0 aliphatic rings. The lowest BCUT2D eigenvalue weighted by Crippen LogP contribution is -2.18. The molecule has 0 aliphatic carbocycles. The molecule has 0 fully saturated rings. The lowest BCUT2D eigenvalue weighted by molar-refractivity contribution is 0.0961. The molecule has 0 unspecified atom stereocenters. The quantitative estimate of drug-likeness (QED) is 0.777. The van der Waals surface area contributed by atoms with Gasteiger partial charge >= 0.3 is 0 Å². The van der Waals surface area contributed by atoms with Gasteiger partial charge in [-0.2, -0.15) is 0 Å². The largest absolute Gasteiger partial charge is 0.355 e. The molecule has 2 aromatic carbocycles. The van der Waals surface area contributed by atoms with E-state index in [-0.39, 0.29) is 11.8 Å². The van der Waals surface area contributed by atoms with Gasteiger partial charge in [0, 0.05) is 23.0 Å². The Balaban J connectivity index is 1.83. The minimum Gasteiger partial charge on any atom is -0.355 e. The Kier molecular flexibility index (Phi) is 3.89. The SMILES string of the molecule is CNC(=O)c1cccc(NC(=O)c2cc3ccccc3s2)c1. The van der Waals surface area contributed by atoms with Crippen LogP contribution in [0.1, 0.15) is 20.0 Å². The van der Waals surface area contributed by atoms with Crippen LogP contribution in [0.3, 0.4) is 0 Å². The molecule has 3 aromatic rings. The van der Waals surface area contributed by atoms with E-state index in [2.05, 4.69) is 10.6 Å². The molecular weight excluding hydrogens is 296 g/mol. The number of thiophene rings is 1. The number of hydrogen-bond acceptors (Lipinski definition) is 3. The molecule has 5 heteroatoms. The second-order valence-electron chi connectivity index (χ2n) is 4.76. The van der Waals surface area contributed by atoms with E-state index in [0.29, 0.717) is 16.1 Å². The highest BCUT2D eigenvalue weighted by Gasteiger charge is 2.11. The fraction of sp³-hybridized carbons (Fsp3) is 0.0588. The van der Waals surface area contributed by atoms with Gasteiger partial charge in [-0.15, -0.1) is 11.3 Å². The van der Waals surface area contributed by atoms with Gasteiger partial charge in [0.15, 0.2) is 0 Å². The first-order valence-electron chi connectivity index (χ1n) is 6.79. The number of rotatable bonds is 3. The topological polar surface area (TPSA) is 58.2 Å². The van der Waals surface area contributed by atoms with E-state index in [1.807, 2.05) is 30.3 Å². The van der Waals surface area contributed by atoms with Crippen LogP contribution < -0.4 is 10.6 Å². The van der Waals surface area contributed by atoms with E-state index >= 15 is 0 Å². The molecule has 4 nitrogen and oxygen atoms in total. The molecule has 0 spiro atoms. The number of hydrogen-bond donors (Lipinski definition) is 2. The number of fused-ring (bicyclic) bond motifs is 1. The van der Waals surface area contributed by atoms with E-state index in [0.717, 1.165) is 10.1 Å². The van der Waals surface area contributed by atoms with Crippen LogP contribution in [-0.4, -0.2) is 18.9 Å². The molecule has 0 saturated carbocycles. The maximum Gasteiger partial charge on any atom is 0.265 e. The third-order valence-corrected chi connectivity index (χ3v) is 4.37. The van der Waals surface area contributed by atoms with Crippen LogP contribution in [0.5, 0.6) is 0 Å². The van der Waals surface area contributed by atoms with E-state index in [1.165, 1.54) is 11.3 Å². The molecule has 110 valence electrons. The van der Waals surface area contributed by atoms with Gasteiger partial charge in [-0.25, -0.2) is 0 Å². The standard InChI is InChI=1S/C17H14N2O2S/c1-18-16(20)12-6-4-7-13(9-12)19-17(21)15-10-11-5-2-3-8-14(11)22-15/h2-10H,1H3,(H,18,20)(H,19,21). The molecule has 2 amide bonds. The molecule has 1 aromatic heterocycles. The van der Waals surface area contributed by atoms with Crippen molar-refractivity contribution in [3.63, 3.8) is 0 Å². The number of benzene rings is 2. The molecule has 2 N–H and O–H groups in total. The number of anilines is 1.